The summed E-state index contributed by atoms with van der Waals surface area (Å²) >= 11 is 12.5. The van der Waals surface area contributed by atoms with Crippen molar-refractivity contribution >= 4 is 46.3 Å². The molecule has 0 atom stereocenters. The number of halogens is 2. The number of anilines is 2. The summed E-state index contributed by atoms with van der Waals surface area (Å²) in [7, 11) is 3.88. The fraction of sp³-hybridized carbons (Fsp3) is 0.240. The molecule has 0 aliphatic carbocycles. The third kappa shape index (κ3) is 6.65. The molecule has 0 fully saturated rings. The Morgan fingerprint density at radius 3 is 2.62 bits per heavy atom. The van der Waals surface area contributed by atoms with Crippen LogP contribution in [0.25, 0.3) is 16.8 Å². The normalized spacial score (nSPS) is 10.9. The molecular formula is C25H25Cl2N9O. The fourth-order valence-corrected chi connectivity index (χ4v) is 3.99. The van der Waals surface area contributed by atoms with Crippen LogP contribution in [-0.4, -0.2) is 70.7 Å². The van der Waals surface area contributed by atoms with Crippen molar-refractivity contribution in [2.24, 2.45) is 0 Å². The van der Waals surface area contributed by atoms with E-state index < -0.39 is 0 Å². The van der Waals surface area contributed by atoms with Crippen LogP contribution in [0.2, 0.25) is 10.0 Å². The van der Waals surface area contributed by atoms with Gasteiger partial charge in [-0.2, -0.15) is 10.4 Å². The van der Waals surface area contributed by atoms with Gasteiger partial charge in [0.2, 0.25) is 0 Å². The minimum atomic E-state index is -0.267. The van der Waals surface area contributed by atoms with E-state index in [0.29, 0.717) is 70.2 Å². The number of nitrogens with zero attached hydrogens (tertiary/aromatic N) is 6. The van der Waals surface area contributed by atoms with E-state index >= 15 is 0 Å². The molecule has 10 nitrogen and oxygen atoms in total. The number of likely N-dealkylation sites (N-methyl/N-ethyl adjacent to an activating group) is 1. The highest BCUT2D eigenvalue weighted by Crippen LogP contribution is 2.31. The Bertz CT molecular complexity index is 1450. The average Bonchev–Trinajstić information content (AvgIpc) is 3.31. The van der Waals surface area contributed by atoms with Gasteiger partial charge >= 0.3 is 0 Å². The number of carbonyl (C=O) groups excluding carboxylic acids is 1. The smallest absolute Gasteiger partial charge is 0.271 e. The third-order valence-electron chi connectivity index (χ3n) is 5.36. The predicted octanol–water partition coefficient (Wildman–Crippen LogP) is 3.79. The van der Waals surface area contributed by atoms with Gasteiger partial charge in [0.05, 0.1) is 22.5 Å². The monoisotopic (exact) mass is 537 g/mol. The average molecular weight is 538 g/mol. The number of amides is 1. The SMILES string of the molecule is CN(C)CCNC(=O)c1cc2c(NCCNc3ccc(C#N)cn3)nc(-c3ccc(Cl)cc3Cl)cn2n1. The number of nitriles is 1. The first-order valence-corrected chi connectivity index (χ1v) is 12.2. The van der Waals surface area contributed by atoms with E-state index in [-0.39, 0.29) is 11.6 Å². The molecule has 3 heterocycles. The summed E-state index contributed by atoms with van der Waals surface area (Å²) in [6, 6.07) is 12.4. The molecule has 0 unspecified atom stereocenters. The first kappa shape index (κ1) is 26.2. The lowest BCUT2D eigenvalue weighted by Gasteiger charge is -2.12. The van der Waals surface area contributed by atoms with Crippen molar-refractivity contribution in [3.05, 3.63) is 70.1 Å². The second-order valence-corrected chi connectivity index (χ2v) is 9.26. The van der Waals surface area contributed by atoms with Crippen LogP contribution in [0, 0.1) is 11.3 Å². The summed E-state index contributed by atoms with van der Waals surface area (Å²) < 4.78 is 1.62. The van der Waals surface area contributed by atoms with Crippen LogP contribution in [0.5, 0.6) is 0 Å². The molecule has 0 aliphatic heterocycles. The number of carbonyl (C=O) groups is 1. The summed E-state index contributed by atoms with van der Waals surface area (Å²) in [6.07, 6.45) is 3.24. The van der Waals surface area contributed by atoms with Crippen LogP contribution in [0.3, 0.4) is 0 Å². The zero-order valence-corrected chi connectivity index (χ0v) is 21.8. The lowest BCUT2D eigenvalue weighted by Crippen LogP contribution is -2.31. The van der Waals surface area contributed by atoms with Gasteiger partial charge in [-0.1, -0.05) is 23.2 Å². The standard InChI is InChI=1S/C25H25Cl2N9O/c1-35(2)10-9-31-25(37)20-12-22-24(30-8-7-29-23-6-3-16(13-28)14-32-23)33-21(15-36(22)34-20)18-5-4-17(26)11-19(18)27/h3-6,11-12,14-15H,7-10H2,1-2H3,(H,29,32)(H,30,33)(H,31,37). The zero-order chi connectivity index (χ0) is 26.4. The largest absolute Gasteiger partial charge is 0.368 e. The molecule has 0 saturated heterocycles. The molecule has 1 amide bonds. The maximum atomic E-state index is 12.7. The van der Waals surface area contributed by atoms with E-state index in [9.17, 15) is 4.79 Å². The number of hydrogen-bond donors (Lipinski definition) is 3. The van der Waals surface area contributed by atoms with Gasteiger partial charge in [0.15, 0.2) is 11.5 Å². The Hall–Kier alpha value is -3.91. The van der Waals surface area contributed by atoms with Crippen molar-refractivity contribution in [1.82, 2.24) is 29.8 Å². The van der Waals surface area contributed by atoms with Gasteiger partial charge in [0.1, 0.15) is 17.4 Å². The molecule has 0 aliphatic rings. The Labute approximate surface area is 224 Å². The van der Waals surface area contributed by atoms with E-state index in [1.165, 1.54) is 6.20 Å². The number of pyridine rings is 1. The minimum absolute atomic E-state index is 0.267. The van der Waals surface area contributed by atoms with Crippen molar-refractivity contribution in [3.63, 3.8) is 0 Å². The number of aromatic nitrogens is 4. The highest BCUT2D eigenvalue weighted by Gasteiger charge is 2.17. The Morgan fingerprint density at radius 1 is 1.11 bits per heavy atom. The highest BCUT2D eigenvalue weighted by atomic mass is 35.5. The molecule has 0 radical (unpaired) electrons. The van der Waals surface area contributed by atoms with E-state index in [1.54, 1.807) is 47.1 Å². The van der Waals surface area contributed by atoms with E-state index in [2.05, 4.69) is 26.0 Å². The van der Waals surface area contributed by atoms with Gasteiger partial charge in [0.25, 0.3) is 5.91 Å². The highest BCUT2D eigenvalue weighted by molar-refractivity contribution is 6.36. The molecule has 0 bridgehead atoms. The fourth-order valence-electron chi connectivity index (χ4n) is 3.48. The molecule has 0 spiro atoms. The molecule has 1 aromatic carbocycles. The Kier molecular flexibility index (Phi) is 8.40. The molecule has 0 saturated carbocycles. The van der Waals surface area contributed by atoms with Gasteiger partial charge in [-0.05, 0) is 44.4 Å². The van der Waals surface area contributed by atoms with E-state index in [4.69, 9.17) is 33.4 Å². The lowest BCUT2D eigenvalue weighted by molar-refractivity contribution is 0.0945. The second-order valence-electron chi connectivity index (χ2n) is 8.41. The zero-order valence-electron chi connectivity index (χ0n) is 20.3. The maximum Gasteiger partial charge on any atom is 0.271 e. The third-order valence-corrected chi connectivity index (χ3v) is 5.90. The van der Waals surface area contributed by atoms with Crippen molar-refractivity contribution < 1.29 is 4.79 Å². The Morgan fingerprint density at radius 2 is 1.92 bits per heavy atom. The number of fused-ring (bicyclic) bond motifs is 1. The van der Waals surface area contributed by atoms with Gasteiger partial charge in [0, 0.05) is 49.0 Å². The van der Waals surface area contributed by atoms with E-state index in [1.807, 2.05) is 25.1 Å². The summed E-state index contributed by atoms with van der Waals surface area (Å²) in [5.74, 6) is 0.927. The van der Waals surface area contributed by atoms with Gasteiger partial charge in [-0.25, -0.2) is 14.5 Å². The Balaban J connectivity index is 1.57. The van der Waals surface area contributed by atoms with Crippen LogP contribution in [0.1, 0.15) is 16.1 Å². The lowest BCUT2D eigenvalue weighted by atomic mass is 10.1. The molecule has 190 valence electrons. The van der Waals surface area contributed by atoms with Crippen molar-refractivity contribution in [1.29, 1.82) is 5.26 Å². The summed E-state index contributed by atoms with van der Waals surface area (Å²) in [5.41, 5.74) is 2.67. The number of benzene rings is 1. The summed E-state index contributed by atoms with van der Waals surface area (Å²) in [4.78, 5) is 23.7. The van der Waals surface area contributed by atoms with Crippen LogP contribution in [0.15, 0.2) is 48.8 Å². The first-order chi connectivity index (χ1) is 17.8. The van der Waals surface area contributed by atoms with Gasteiger partial charge < -0.3 is 20.9 Å². The number of rotatable bonds is 10. The van der Waals surface area contributed by atoms with Crippen LogP contribution < -0.4 is 16.0 Å². The van der Waals surface area contributed by atoms with Crippen molar-refractivity contribution in [3.8, 4) is 17.3 Å². The number of nitrogens with one attached hydrogen (secondary N) is 3. The van der Waals surface area contributed by atoms with Crippen LogP contribution in [-0.2, 0) is 0 Å². The van der Waals surface area contributed by atoms with Crippen molar-refractivity contribution in [2.75, 3.05) is 50.9 Å². The first-order valence-electron chi connectivity index (χ1n) is 11.5. The molecular weight excluding hydrogens is 513 g/mol. The topological polar surface area (TPSA) is 123 Å². The molecule has 3 aromatic heterocycles. The molecule has 4 rings (SSSR count). The minimum Gasteiger partial charge on any atom is -0.368 e. The molecule has 4 aromatic rings. The molecule has 3 N–H and O–H groups in total. The van der Waals surface area contributed by atoms with Crippen LogP contribution in [0.4, 0.5) is 11.6 Å². The summed E-state index contributed by atoms with van der Waals surface area (Å²) in [6.45, 7) is 2.25. The molecule has 12 heteroatoms. The molecule has 37 heavy (non-hydrogen) atoms. The maximum absolute atomic E-state index is 12.7. The van der Waals surface area contributed by atoms with E-state index in [0.717, 1.165) is 0 Å². The quantitative estimate of drug-likeness (QED) is 0.261. The van der Waals surface area contributed by atoms with Gasteiger partial charge in [-0.3, -0.25) is 4.79 Å². The number of hydrogen-bond acceptors (Lipinski definition) is 8. The van der Waals surface area contributed by atoms with Gasteiger partial charge in [-0.15, -0.1) is 0 Å². The second kappa shape index (κ2) is 11.9. The predicted molar refractivity (Wildman–Crippen MR) is 145 cm³/mol. The summed E-state index contributed by atoms with van der Waals surface area (Å²) in [5, 5.41) is 23.8. The van der Waals surface area contributed by atoms with Crippen molar-refractivity contribution in [2.45, 2.75) is 0 Å². The van der Waals surface area contributed by atoms with Crippen LogP contribution >= 0.6 is 23.2 Å².